The molecule has 1 aliphatic carbocycles. The topological polar surface area (TPSA) is 35.2 Å². The number of aryl methyl sites for hydroxylation is 1. The van der Waals surface area contributed by atoms with Gasteiger partial charge < -0.3 is 10.5 Å². The summed E-state index contributed by atoms with van der Waals surface area (Å²) >= 11 is 6.10. The molecule has 1 unspecified atom stereocenters. The molecular formula is C17H18ClNO. The number of hydrogen-bond acceptors (Lipinski definition) is 2. The van der Waals surface area contributed by atoms with Gasteiger partial charge in [0.2, 0.25) is 0 Å². The first-order chi connectivity index (χ1) is 9.62. The molecule has 2 N–H and O–H groups in total. The van der Waals surface area contributed by atoms with Crippen molar-refractivity contribution in [1.29, 1.82) is 0 Å². The molecule has 0 fully saturated rings. The Morgan fingerprint density at radius 1 is 1.15 bits per heavy atom. The summed E-state index contributed by atoms with van der Waals surface area (Å²) in [6.45, 7) is 0. The Bertz CT molecular complexity index is 641. The van der Waals surface area contributed by atoms with E-state index >= 15 is 0 Å². The first kappa shape index (κ1) is 13.5. The first-order valence-corrected chi connectivity index (χ1v) is 7.20. The normalized spacial score (nSPS) is 21.4. The Hall–Kier alpha value is -1.51. The van der Waals surface area contributed by atoms with E-state index < -0.39 is 0 Å². The van der Waals surface area contributed by atoms with Gasteiger partial charge in [-0.1, -0.05) is 41.9 Å². The van der Waals surface area contributed by atoms with E-state index in [1.807, 2.05) is 18.2 Å². The fourth-order valence-electron chi connectivity index (χ4n) is 2.98. The van der Waals surface area contributed by atoms with Gasteiger partial charge in [0.25, 0.3) is 0 Å². The van der Waals surface area contributed by atoms with Crippen molar-refractivity contribution in [3.8, 4) is 5.75 Å². The number of rotatable bonds is 2. The van der Waals surface area contributed by atoms with Crippen LogP contribution in [0.25, 0.3) is 0 Å². The highest BCUT2D eigenvalue weighted by Gasteiger charge is 2.32. The van der Waals surface area contributed by atoms with Gasteiger partial charge in [0.15, 0.2) is 0 Å². The summed E-state index contributed by atoms with van der Waals surface area (Å²) in [6, 6.07) is 14.4. The summed E-state index contributed by atoms with van der Waals surface area (Å²) in [7, 11) is 1.63. The molecule has 1 atom stereocenters. The molecule has 1 aliphatic rings. The lowest BCUT2D eigenvalue weighted by Gasteiger charge is -2.35. The Morgan fingerprint density at radius 2 is 1.90 bits per heavy atom. The number of halogens is 1. The number of benzene rings is 2. The van der Waals surface area contributed by atoms with E-state index in [1.165, 1.54) is 11.1 Å². The minimum absolute atomic E-state index is 0.341. The number of fused-ring (bicyclic) bond motifs is 1. The Morgan fingerprint density at radius 3 is 2.65 bits per heavy atom. The van der Waals surface area contributed by atoms with Gasteiger partial charge in [0.1, 0.15) is 5.75 Å². The third-order valence-corrected chi connectivity index (χ3v) is 4.50. The van der Waals surface area contributed by atoms with Crippen LogP contribution >= 0.6 is 11.6 Å². The zero-order valence-corrected chi connectivity index (χ0v) is 12.3. The number of methoxy groups -OCH3 is 1. The molecular weight excluding hydrogens is 270 g/mol. The highest BCUT2D eigenvalue weighted by Crippen LogP contribution is 2.37. The van der Waals surface area contributed by atoms with Crippen LogP contribution in [-0.2, 0) is 18.4 Å². The maximum atomic E-state index is 6.67. The van der Waals surface area contributed by atoms with Gasteiger partial charge in [-0.3, -0.25) is 0 Å². The quantitative estimate of drug-likeness (QED) is 0.914. The second kappa shape index (κ2) is 5.12. The molecule has 0 heterocycles. The van der Waals surface area contributed by atoms with Crippen LogP contribution in [0.5, 0.6) is 5.75 Å². The van der Waals surface area contributed by atoms with Gasteiger partial charge in [-0.2, -0.15) is 0 Å². The van der Waals surface area contributed by atoms with Crippen LogP contribution in [0, 0.1) is 0 Å². The molecule has 0 spiro atoms. The highest BCUT2D eigenvalue weighted by molar-refractivity contribution is 6.32. The van der Waals surface area contributed by atoms with Gasteiger partial charge in [0, 0.05) is 5.54 Å². The van der Waals surface area contributed by atoms with Crippen LogP contribution < -0.4 is 10.5 Å². The maximum Gasteiger partial charge on any atom is 0.137 e. The lowest BCUT2D eigenvalue weighted by Crippen LogP contribution is -2.42. The van der Waals surface area contributed by atoms with Gasteiger partial charge in [-0.25, -0.2) is 0 Å². The minimum atomic E-state index is -0.341. The van der Waals surface area contributed by atoms with E-state index in [2.05, 4.69) is 24.3 Å². The van der Waals surface area contributed by atoms with E-state index in [-0.39, 0.29) is 5.54 Å². The predicted octanol–water partition coefficient (Wildman–Crippen LogP) is 3.69. The molecule has 0 saturated heterocycles. The Labute approximate surface area is 124 Å². The van der Waals surface area contributed by atoms with E-state index in [4.69, 9.17) is 22.1 Å². The van der Waals surface area contributed by atoms with Crippen LogP contribution in [0.1, 0.15) is 23.1 Å². The van der Waals surface area contributed by atoms with Crippen molar-refractivity contribution in [3.05, 3.63) is 64.2 Å². The lowest BCUT2D eigenvalue weighted by atomic mass is 9.74. The lowest BCUT2D eigenvalue weighted by molar-refractivity contribution is 0.378. The van der Waals surface area contributed by atoms with Crippen molar-refractivity contribution >= 4 is 11.6 Å². The van der Waals surface area contributed by atoms with Crippen LogP contribution in [-0.4, -0.2) is 7.11 Å². The largest absolute Gasteiger partial charge is 0.495 e. The van der Waals surface area contributed by atoms with Crippen LogP contribution in [0.3, 0.4) is 0 Å². The molecule has 0 aliphatic heterocycles. The van der Waals surface area contributed by atoms with Gasteiger partial charge in [0.05, 0.1) is 12.1 Å². The van der Waals surface area contributed by atoms with Gasteiger partial charge in [-0.15, -0.1) is 0 Å². The summed E-state index contributed by atoms with van der Waals surface area (Å²) in [6.07, 6.45) is 2.81. The van der Waals surface area contributed by atoms with Crippen LogP contribution in [0.4, 0.5) is 0 Å². The van der Waals surface area contributed by atoms with E-state index in [9.17, 15) is 0 Å². The van der Waals surface area contributed by atoms with Crippen molar-refractivity contribution in [2.75, 3.05) is 7.11 Å². The van der Waals surface area contributed by atoms with E-state index in [0.717, 1.165) is 24.8 Å². The smallest absolute Gasteiger partial charge is 0.137 e. The van der Waals surface area contributed by atoms with Gasteiger partial charge >= 0.3 is 0 Å². The van der Waals surface area contributed by atoms with E-state index in [0.29, 0.717) is 10.8 Å². The average Bonchev–Trinajstić information content (AvgIpc) is 2.47. The second-order valence-electron chi connectivity index (χ2n) is 5.45. The summed E-state index contributed by atoms with van der Waals surface area (Å²) in [5.41, 5.74) is 10.2. The van der Waals surface area contributed by atoms with Crippen LogP contribution in [0.2, 0.25) is 5.02 Å². The molecule has 2 aromatic carbocycles. The third kappa shape index (κ3) is 2.30. The zero-order valence-electron chi connectivity index (χ0n) is 11.5. The Balaban J connectivity index is 1.98. The monoisotopic (exact) mass is 287 g/mol. The van der Waals surface area contributed by atoms with Crippen LogP contribution in [0.15, 0.2) is 42.5 Å². The molecule has 3 rings (SSSR count). The molecule has 2 nitrogen and oxygen atoms in total. The van der Waals surface area contributed by atoms with Crippen molar-refractivity contribution in [2.45, 2.75) is 24.8 Å². The summed E-state index contributed by atoms with van der Waals surface area (Å²) in [4.78, 5) is 0. The molecule has 0 radical (unpaired) electrons. The van der Waals surface area contributed by atoms with Gasteiger partial charge in [-0.05, 0) is 48.1 Å². The first-order valence-electron chi connectivity index (χ1n) is 6.82. The summed E-state index contributed by atoms with van der Waals surface area (Å²) in [5, 5.41) is 0.621. The van der Waals surface area contributed by atoms with Crippen molar-refractivity contribution in [2.24, 2.45) is 5.73 Å². The maximum absolute atomic E-state index is 6.67. The summed E-state index contributed by atoms with van der Waals surface area (Å²) < 4.78 is 5.30. The molecule has 0 bridgehead atoms. The number of ether oxygens (including phenoxy) is 1. The second-order valence-corrected chi connectivity index (χ2v) is 5.86. The highest BCUT2D eigenvalue weighted by atomic mass is 35.5. The van der Waals surface area contributed by atoms with Crippen molar-refractivity contribution < 1.29 is 4.74 Å². The van der Waals surface area contributed by atoms with Crippen molar-refractivity contribution in [1.82, 2.24) is 0 Å². The molecule has 20 heavy (non-hydrogen) atoms. The average molecular weight is 288 g/mol. The standard InChI is InChI=1S/C17H18ClNO/c1-20-16-10-14(6-7-15(16)18)17(19)9-8-12-4-2-3-5-13(12)11-17/h2-7,10H,8-9,11,19H2,1H3. The minimum Gasteiger partial charge on any atom is -0.495 e. The van der Waals surface area contributed by atoms with Crippen molar-refractivity contribution in [3.63, 3.8) is 0 Å². The predicted molar refractivity (Wildman–Crippen MR) is 82.3 cm³/mol. The number of hydrogen-bond donors (Lipinski definition) is 1. The van der Waals surface area contributed by atoms with E-state index in [1.54, 1.807) is 7.11 Å². The molecule has 3 heteroatoms. The SMILES string of the molecule is COc1cc(C2(N)CCc3ccccc3C2)ccc1Cl. The Kier molecular flexibility index (Phi) is 3.45. The fraction of sp³-hybridized carbons (Fsp3) is 0.294. The molecule has 0 amide bonds. The molecule has 0 saturated carbocycles. The fourth-order valence-corrected chi connectivity index (χ4v) is 3.17. The molecule has 0 aromatic heterocycles. The third-order valence-electron chi connectivity index (χ3n) is 4.19. The summed E-state index contributed by atoms with van der Waals surface area (Å²) in [5.74, 6) is 0.688. The molecule has 2 aromatic rings. The molecule has 104 valence electrons. The number of nitrogens with two attached hydrogens (primary N) is 1. The zero-order chi connectivity index (χ0) is 14.2.